The summed E-state index contributed by atoms with van der Waals surface area (Å²) in [6.07, 6.45) is 9.46. The van der Waals surface area contributed by atoms with Gasteiger partial charge in [-0.2, -0.15) is 0 Å². The van der Waals surface area contributed by atoms with Gasteiger partial charge >= 0.3 is 11.9 Å². The number of esters is 2. The Morgan fingerprint density at radius 2 is 1.35 bits per heavy atom. The van der Waals surface area contributed by atoms with Crippen molar-refractivity contribution < 1.29 is 27.8 Å². The summed E-state index contributed by atoms with van der Waals surface area (Å²) in [5.74, 6) is 0.757. The quantitative estimate of drug-likeness (QED) is 0.152. The highest BCUT2D eigenvalue weighted by atomic mass is 32.2. The molecule has 0 amide bonds. The first-order valence-electron chi connectivity index (χ1n) is 14.3. The minimum atomic E-state index is -2.35. The zero-order chi connectivity index (χ0) is 31.6. The highest BCUT2D eigenvalue weighted by molar-refractivity contribution is 7.80. The van der Waals surface area contributed by atoms with Gasteiger partial charge < -0.3 is 27.9 Å². The monoisotopic (exact) mass is 615 g/mol. The van der Waals surface area contributed by atoms with E-state index in [2.05, 4.69) is 19.6 Å². The molecule has 3 aromatic rings. The van der Waals surface area contributed by atoms with Gasteiger partial charge in [0, 0.05) is 41.7 Å². The lowest BCUT2D eigenvalue weighted by Gasteiger charge is -2.24. The Morgan fingerprint density at radius 1 is 0.860 bits per heavy atom. The molecule has 0 bridgehead atoms. The molecule has 1 aromatic carbocycles. The number of benzene rings is 1. The highest BCUT2D eigenvalue weighted by Gasteiger charge is 2.21. The summed E-state index contributed by atoms with van der Waals surface area (Å²) in [6, 6.07) is 7.31. The predicted molar refractivity (Wildman–Crippen MR) is 162 cm³/mol. The van der Waals surface area contributed by atoms with E-state index in [1.807, 2.05) is 53.7 Å². The van der Waals surface area contributed by atoms with Gasteiger partial charge in [0.25, 0.3) is 0 Å². The van der Waals surface area contributed by atoms with E-state index in [0.717, 1.165) is 36.5 Å². The van der Waals surface area contributed by atoms with Crippen LogP contribution in [0.4, 0.5) is 5.69 Å². The molecule has 236 valence electrons. The van der Waals surface area contributed by atoms with Gasteiger partial charge in [-0.15, -0.1) is 0 Å². The molecule has 0 aliphatic rings. The largest absolute Gasteiger partial charge is 0.755 e. The van der Waals surface area contributed by atoms with E-state index in [-0.39, 0.29) is 25.0 Å². The molecule has 13 heteroatoms. The van der Waals surface area contributed by atoms with Crippen LogP contribution < -0.4 is 4.72 Å². The van der Waals surface area contributed by atoms with Gasteiger partial charge in [-0.05, 0) is 85.0 Å². The SMILES string of the molecule is CC(C)(C)OC(=O)Cn1ccnc1CN(CCCCc1ccc(NS(=O)[O-])cc1)Cc1nccn1CC(=O)OC(C)(C)C. The van der Waals surface area contributed by atoms with Crippen LogP contribution in [0.1, 0.15) is 71.6 Å². The number of hydrogen-bond acceptors (Lipinski definition) is 9. The topological polar surface area (TPSA) is 144 Å². The second kappa shape index (κ2) is 15.3. The van der Waals surface area contributed by atoms with Crippen LogP contribution in [0.3, 0.4) is 0 Å². The lowest BCUT2D eigenvalue weighted by molar-refractivity contribution is -0.156. The van der Waals surface area contributed by atoms with Crippen LogP contribution in [0.25, 0.3) is 0 Å². The van der Waals surface area contributed by atoms with Crippen LogP contribution in [0, 0.1) is 0 Å². The van der Waals surface area contributed by atoms with E-state index in [1.54, 1.807) is 46.1 Å². The van der Waals surface area contributed by atoms with E-state index >= 15 is 0 Å². The van der Waals surface area contributed by atoms with Gasteiger partial charge in [-0.3, -0.25) is 18.7 Å². The fraction of sp³-hybridized carbons (Fsp3) is 0.533. The van der Waals surface area contributed by atoms with Gasteiger partial charge in [0.05, 0.1) is 13.1 Å². The van der Waals surface area contributed by atoms with Crippen molar-refractivity contribution in [1.82, 2.24) is 24.0 Å². The molecule has 0 spiro atoms. The average molecular weight is 616 g/mol. The summed E-state index contributed by atoms with van der Waals surface area (Å²) < 4.78 is 38.6. The van der Waals surface area contributed by atoms with Gasteiger partial charge in [0.15, 0.2) is 0 Å². The maximum atomic E-state index is 12.5. The zero-order valence-corrected chi connectivity index (χ0v) is 26.7. The van der Waals surface area contributed by atoms with Gasteiger partial charge in [0.1, 0.15) is 35.9 Å². The van der Waals surface area contributed by atoms with Crippen LogP contribution in [-0.4, -0.2) is 62.4 Å². The third-order valence-electron chi connectivity index (χ3n) is 6.12. The number of anilines is 1. The van der Waals surface area contributed by atoms with E-state index in [4.69, 9.17) is 9.47 Å². The maximum Gasteiger partial charge on any atom is 0.326 e. The lowest BCUT2D eigenvalue weighted by Crippen LogP contribution is -2.30. The normalized spacial score (nSPS) is 12.7. The smallest absolute Gasteiger partial charge is 0.326 e. The summed E-state index contributed by atoms with van der Waals surface area (Å²) in [7, 11) is 0. The molecule has 0 aliphatic carbocycles. The second-order valence-electron chi connectivity index (χ2n) is 12.3. The fourth-order valence-corrected chi connectivity index (χ4v) is 4.74. The van der Waals surface area contributed by atoms with Crippen LogP contribution in [0.5, 0.6) is 0 Å². The molecule has 0 radical (unpaired) electrons. The Morgan fingerprint density at radius 3 is 1.79 bits per heavy atom. The van der Waals surface area contributed by atoms with Crippen molar-refractivity contribution in [2.45, 2.75) is 98.2 Å². The van der Waals surface area contributed by atoms with Crippen LogP contribution in [0.15, 0.2) is 49.1 Å². The molecule has 0 saturated heterocycles. The van der Waals surface area contributed by atoms with Crippen molar-refractivity contribution in [2.24, 2.45) is 0 Å². The fourth-order valence-electron chi connectivity index (χ4n) is 4.41. The molecule has 0 aliphatic heterocycles. The van der Waals surface area contributed by atoms with Gasteiger partial charge in [-0.1, -0.05) is 12.1 Å². The number of imidazole rings is 2. The number of aromatic nitrogens is 4. The summed E-state index contributed by atoms with van der Waals surface area (Å²) in [6.45, 7) is 12.7. The maximum absolute atomic E-state index is 12.5. The minimum absolute atomic E-state index is 0.0541. The predicted octanol–water partition coefficient (Wildman–Crippen LogP) is 3.99. The van der Waals surface area contributed by atoms with E-state index in [0.29, 0.717) is 25.3 Å². The Labute approximate surface area is 256 Å². The van der Waals surface area contributed by atoms with Gasteiger partial charge in [-0.25, -0.2) is 9.97 Å². The first-order chi connectivity index (χ1) is 20.2. The third kappa shape index (κ3) is 12.7. The number of aryl methyl sites for hydroxylation is 1. The molecule has 1 atom stereocenters. The van der Waals surface area contributed by atoms with E-state index in [9.17, 15) is 18.4 Å². The average Bonchev–Trinajstić information content (AvgIpc) is 3.49. The first kappa shape index (κ1) is 33.9. The Balaban J connectivity index is 1.68. The minimum Gasteiger partial charge on any atom is -0.755 e. The van der Waals surface area contributed by atoms with Crippen molar-refractivity contribution in [3.8, 4) is 0 Å². The van der Waals surface area contributed by atoms with E-state index in [1.165, 1.54) is 0 Å². The van der Waals surface area contributed by atoms with Crippen molar-refractivity contribution >= 4 is 28.9 Å². The van der Waals surface area contributed by atoms with Crippen LogP contribution in [-0.2, 0) is 62.9 Å². The highest BCUT2D eigenvalue weighted by Crippen LogP contribution is 2.16. The Kier molecular flexibility index (Phi) is 12.0. The van der Waals surface area contributed by atoms with Crippen LogP contribution >= 0.6 is 0 Å². The zero-order valence-electron chi connectivity index (χ0n) is 25.9. The van der Waals surface area contributed by atoms with Crippen molar-refractivity contribution in [1.29, 1.82) is 0 Å². The molecule has 0 fully saturated rings. The summed E-state index contributed by atoms with van der Waals surface area (Å²) in [5.41, 5.74) is 0.461. The number of nitrogens with zero attached hydrogens (tertiary/aromatic N) is 5. The molecular formula is C30H43N6O6S-. The van der Waals surface area contributed by atoms with Crippen molar-refractivity contribution in [3.63, 3.8) is 0 Å². The van der Waals surface area contributed by atoms with Crippen molar-refractivity contribution in [3.05, 3.63) is 66.3 Å². The number of carbonyl (C=O) groups excluding carboxylic acids is 2. The van der Waals surface area contributed by atoms with Crippen molar-refractivity contribution in [2.75, 3.05) is 11.3 Å². The molecule has 2 aromatic heterocycles. The summed E-state index contributed by atoms with van der Waals surface area (Å²) in [4.78, 5) is 36.2. The molecule has 12 nitrogen and oxygen atoms in total. The second-order valence-corrected chi connectivity index (χ2v) is 13.0. The van der Waals surface area contributed by atoms with Crippen LogP contribution in [0.2, 0.25) is 0 Å². The molecule has 43 heavy (non-hydrogen) atoms. The number of carbonyl (C=O) groups is 2. The summed E-state index contributed by atoms with van der Waals surface area (Å²) in [5, 5.41) is 0. The third-order valence-corrected chi connectivity index (χ3v) is 6.52. The first-order valence-corrected chi connectivity index (χ1v) is 15.4. The lowest BCUT2D eigenvalue weighted by atomic mass is 10.1. The summed E-state index contributed by atoms with van der Waals surface area (Å²) >= 11 is -2.35. The number of ether oxygens (including phenoxy) is 2. The Bertz CT molecular complexity index is 1290. The molecule has 3 rings (SSSR count). The number of unbranched alkanes of at least 4 members (excludes halogenated alkanes) is 1. The molecule has 1 N–H and O–H groups in total. The number of nitrogens with one attached hydrogen (secondary N) is 1. The number of hydrogen-bond donors (Lipinski definition) is 1. The Hall–Kier alpha value is -3.55. The number of rotatable bonds is 15. The van der Waals surface area contributed by atoms with Gasteiger partial charge in [0.2, 0.25) is 0 Å². The standard InChI is InChI=1S/C30H44N6O6S/c1-29(2,3)41-27(37)21-35-17-14-31-25(35)19-34(16-8-7-9-23-10-12-24(13-11-23)33-43(39)40)20-26-32-15-18-36(26)22-28(38)42-30(4,5)6/h10-15,17-18,33H,7-9,16,19-22H2,1-6H3,(H,39,40)/p-1. The molecule has 2 heterocycles. The molecular weight excluding hydrogens is 572 g/mol. The molecule has 0 saturated carbocycles. The van der Waals surface area contributed by atoms with E-state index < -0.39 is 22.5 Å². The molecule has 1 unspecified atom stereocenters.